The van der Waals surface area contributed by atoms with E-state index >= 15 is 0 Å². The van der Waals surface area contributed by atoms with Crippen molar-refractivity contribution in [2.24, 2.45) is 0 Å². The highest BCUT2D eigenvalue weighted by atomic mass is 35.5. The maximum atomic E-state index is 13.8. The van der Waals surface area contributed by atoms with Crippen LogP contribution in [0.25, 0.3) is 0 Å². The van der Waals surface area contributed by atoms with Crippen molar-refractivity contribution in [3.63, 3.8) is 0 Å². The van der Waals surface area contributed by atoms with E-state index in [2.05, 4.69) is 4.72 Å². The Morgan fingerprint density at radius 2 is 2.15 bits per heavy atom. The third-order valence-electron chi connectivity index (χ3n) is 2.33. The van der Waals surface area contributed by atoms with Crippen LogP contribution >= 0.6 is 22.9 Å². The molecular weight excluding hydrogens is 325 g/mol. The number of nitrogens with one attached hydrogen (secondary N) is 1. The number of nitrogen functional groups attached to an aromatic ring is 1. The van der Waals surface area contributed by atoms with Crippen molar-refractivity contribution < 1.29 is 12.8 Å². The molecule has 9 heteroatoms. The van der Waals surface area contributed by atoms with Gasteiger partial charge < -0.3 is 5.73 Å². The lowest BCUT2D eigenvalue weighted by Gasteiger charge is -2.09. The van der Waals surface area contributed by atoms with Crippen LogP contribution in [0, 0.1) is 17.1 Å². The molecule has 0 fully saturated rings. The third-order valence-corrected chi connectivity index (χ3v) is 4.86. The molecule has 0 aliphatic rings. The van der Waals surface area contributed by atoms with Crippen molar-refractivity contribution in [2.45, 2.75) is 4.90 Å². The van der Waals surface area contributed by atoms with E-state index in [-0.39, 0.29) is 21.3 Å². The maximum absolute atomic E-state index is 13.8. The number of rotatable bonds is 3. The van der Waals surface area contributed by atoms with E-state index in [0.29, 0.717) is 0 Å². The monoisotopic (exact) mass is 331 g/mol. The Morgan fingerprint density at radius 3 is 2.80 bits per heavy atom. The molecule has 2 rings (SSSR count). The van der Waals surface area contributed by atoms with E-state index in [0.717, 1.165) is 23.5 Å². The second-order valence-electron chi connectivity index (χ2n) is 3.69. The number of nitriles is 1. The van der Waals surface area contributed by atoms with E-state index in [1.807, 2.05) is 6.07 Å². The molecule has 0 saturated carbocycles. The summed E-state index contributed by atoms with van der Waals surface area (Å²) in [6.07, 6.45) is 0. The predicted octanol–water partition coefficient (Wildman–Crippen LogP) is 2.80. The minimum Gasteiger partial charge on any atom is -0.396 e. The van der Waals surface area contributed by atoms with Gasteiger partial charge >= 0.3 is 0 Å². The van der Waals surface area contributed by atoms with Crippen LogP contribution in [0.1, 0.15) is 5.56 Å². The highest BCUT2D eigenvalue weighted by molar-refractivity contribution is 7.93. The molecule has 0 bridgehead atoms. The fourth-order valence-corrected chi connectivity index (χ4v) is 3.93. The summed E-state index contributed by atoms with van der Waals surface area (Å²) >= 11 is 6.69. The Kier molecular flexibility index (Phi) is 3.85. The lowest BCUT2D eigenvalue weighted by atomic mass is 10.3. The summed E-state index contributed by atoms with van der Waals surface area (Å²) in [5, 5.41) is 10.5. The summed E-state index contributed by atoms with van der Waals surface area (Å²) in [5.74, 6) is -1.09. The summed E-state index contributed by atoms with van der Waals surface area (Å²) in [7, 11) is -4.22. The van der Waals surface area contributed by atoms with Crippen molar-refractivity contribution in [2.75, 3.05) is 10.5 Å². The van der Waals surface area contributed by atoms with Gasteiger partial charge in [0.2, 0.25) is 0 Å². The minimum atomic E-state index is -4.22. The molecule has 2 aromatic rings. The van der Waals surface area contributed by atoms with Crippen LogP contribution in [0.5, 0.6) is 0 Å². The molecule has 1 aromatic heterocycles. The molecule has 5 nitrogen and oxygen atoms in total. The quantitative estimate of drug-likeness (QED) is 0.845. The Hall–Kier alpha value is -1.82. The molecule has 0 radical (unpaired) electrons. The van der Waals surface area contributed by atoms with Gasteiger partial charge in [-0.15, -0.1) is 11.3 Å². The number of hydrogen-bond donors (Lipinski definition) is 2. The van der Waals surface area contributed by atoms with Gasteiger partial charge in [-0.1, -0.05) is 11.6 Å². The van der Waals surface area contributed by atoms with E-state index in [4.69, 9.17) is 22.6 Å². The first kappa shape index (κ1) is 14.6. The molecule has 0 saturated heterocycles. The first-order chi connectivity index (χ1) is 9.35. The van der Waals surface area contributed by atoms with Crippen LogP contribution in [0.2, 0.25) is 5.02 Å². The lowest BCUT2D eigenvalue weighted by molar-refractivity contribution is 0.573. The largest absolute Gasteiger partial charge is 0.396 e. The molecule has 0 spiro atoms. The van der Waals surface area contributed by atoms with E-state index in [9.17, 15) is 12.8 Å². The number of thiophene rings is 1. The summed E-state index contributed by atoms with van der Waals surface area (Å²) in [6.45, 7) is 0. The van der Waals surface area contributed by atoms with Gasteiger partial charge in [0, 0.05) is 5.02 Å². The van der Waals surface area contributed by atoms with Gasteiger partial charge in [0.25, 0.3) is 10.0 Å². The molecule has 1 aromatic carbocycles. The van der Waals surface area contributed by atoms with Gasteiger partial charge in [0.1, 0.15) is 16.0 Å². The van der Waals surface area contributed by atoms with Crippen molar-refractivity contribution in [1.82, 2.24) is 0 Å². The maximum Gasteiger partial charge on any atom is 0.265 e. The summed E-state index contributed by atoms with van der Waals surface area (Å²) in [4.78, 5) is -0.667. The third kappa shape index (κ3) is 2.70. The molecule has 0 amide bonds. The van der Waals surface area contributed by atoms with Crippen LogP contribution < -0.4 is 10.5 Å². The molecule has 0 aliphatic heterocycles. The van der Waals surface area contributed by atoms with Crippen molar-refractivity contribution in [3.8, 4) is 6.07 Å². The number of sulfonamides is 1. The molecule has 3 N–H and O–H groups in total. The fraction of sp³-hybridized carbons (Fsp3) is 0. The SMILES string of the molecule is N#Cc1ccsc1NS(=O)(=O)c1cc(Cl)cc(N)c1F. The van der Waals surface area contributed by atoms with Crippen LogP contribution in [0.3, 0.4) is 0 Å². The first-order valence-electron chi connectivity index (χ1n) is 5.10. The molecular formula is C11H7ClFN3O2S2. The van der Waals surface area contributed by atoms with Crippen molar-refractivity contribution in [3.05, 3.63) is 40.0 Å². The number of nitrogens with two attached hydrogens (primary N) is 1. The number of anilines is 2. The molecule has 0 unspecified atom stereocenters. The van der Waals surface area contributed by atoms with E-state index < -0.39 is 20.7 Å². The second kappa shape index (κ2) is 5.28. The van der Waals surface area contributed by atoms with Gasteiger partial charge in [0.15, 0.2) is 5.82 Å². The Balaban J connectivity index is 2.50. The van der Waals surface area contributed by atoms with E-state index in [1.54, 1.807) is 5.38 Å². The predicted molar refractivity (Wildman–Crippen MR) is 75.7 cm³/mol. The zero-order valence-corrected chi connectivity index (χ0v) is 12.1. The highest BCUT2D eigenvalue weighted by Crippen LogP contribution is 2.29. The molecule has 0 atom stereocenters. The van der Waals surface area contributed by atoms with Crippen LogP contribution in [0.4, 0.5) is 15.1 Å². The van der Waals surface area contributed by atoms with E-state index in [1.165, 1.54) is 6.07 Å². The zero-order chi connectivity index (χ0) is 14.9. The summed E-state index contributed by atoms with van der Waals surface area (Å²) in [5.41, 5.74) is 5.12. The zero-order valence-electron chi connectivity index (χ0n) is 9.72. The van der Waals surface area contributed by atoms with Gasteiger partial charge in [-0.25, -0.2) is 12.8 Å². The molecule has 1 heterocycles. The Morgan fingerprint density at radius 1 is 1.45 bits per heavy atom. The van der Waals surface area contributed by atoms with Crippen molar-refractivity contribution in [1.29, 1.82) is 5.26 Å². The number of hydrogen-bond acceptors (Lipinski definition) is 5. The standard InChI is InChI=1S/C11H7ClFN3O2S2/c12-7-3-8(15)10(13)9(4-7)20(17,18)16-11-6(5-14)1-2-19-11/h1-4,16H,15H2. The average molecular weight is 332 g/mol. The van der Waals surface area contributed by atoms with Gasteiger partial charge in [-0.3, -0.25) is 4.72 Å². The Labute approximate surface area is 123 Å². The molecule has 104 valence electrons. The normalized spacial score (nSPS) is 11.1. The van der Waals surface area contributed by atoms with Crippen molar-refractivity contribution >= 4 is 43.6 Å². The minimum absolute atomic E-state index is 0.00374. The number of halogens is 2. The van der Waals surface area contributed by atoms with Gasteiger partial charge in [-0.2, -0.15) is 5.26 Å². The molecule has 0 aliphatic carbocycles. The number of nitrogens with zero attached hydrogens (tertiary/aromatic N) is 1. The van der Waals surface area contributed by atoms with Crippen LogP contribution in [0.15, 0.2) is 28.5 Å². The van der Waals surface area contributed by atoms with Gasteiger partial charge in [-0.05, 0) is 23.6 Å². The van der Waals surface area contributed by atoms with Gasteiger partial charge in [0.05, 0.1) is 11.3 Å². The summed E-state index contributed by atoms with van der Waals surface area (Å²) in [6, 6.07) is 5.34. The van der Waals surface area contributed by atoms with Crippen LogP contribution in [-0.4, -0.2) is 8.42 Å². The fourth-order valence-electron chi connectivity index (χ4n) is 1.43. The Bertz CT molecular complexity index is 812. The smallest absolute Gasteiger partial charge is 0.265 e. The summed E-state index contributed by atoms with van der Waals surface area (Å²) < 4.78 is 40.2. The molecule has 20 heavy (non-hydrogen) atoms. The van der Waals surface area contributed by atoms with Crippen LogP contribution in [-0.2, 0) is 10.0 Å². The lowest BCUT2D eigenvalue weighted by Crippen LogP contribution is -2.15. The second-order valence-corrected chi connectivity index (χ2v) is 6.69. The topological polar surface area (TPSA) is 96.0 Å². The highest BCUT2D eigenvalue weighted by Gasteiger charge is 2.23. The average Bonchev–Trinajstić information content (AvgIpc) is 2.80. The first-order valence-corrected chi connectivity index (χ1v) is 7.84. The number of benzene rings is 1.